The Morgan fingerprint density at radius 1 is 1.06 bits per heavy atom. The van der Waals surface area contributed by atoms with Gasteiger partial charge in [-0.1, -0.05) is 24.3 Å². The molecule has 32 heavy (non-hydrogen) atoms. The molecule has 0 aliphatic carbocycles. The molecular weight excluding hydrogens is 539 g/mol. The lowest BCUT2D eigenvalue weighted by Gasteiger charge is -2.12. The van der Waals surface area contributed by atoms with Crippen molar-refractivity contribution in [2.24, 2.45) is 4.99 Å². The fourth-order valence-corrected chi connectivity index (χ4v) is 3.13. The normalized spacial score (nSPS) is 12.0. The van der Waals surface area contributed by atoms with E-state index in [9.17, 15) is 17.6 Å². The molecule has 1 aromatic heterocycles. The summed E-state index contributed by atoms with van der Waals surface area (Å²) in [5.74, 6) is 0.356. The number of fused-ring (bicyclic) bond motifs is 1. The van der Waals surface area contributed by atoms with E-state index >= 15 is 0 Å². The van der Waals surface area contributed by atoms with Gasteiger partial charge in [0, 0.05) is 37.2 Å². The molecule has 174 valence electrons. The minimum Gasteiger partial charge on any atom is -0.367 e. The van der Waals surface area contributed by atoms with Crippen LogP contribution in [0.3, 0.4) is 0 Å². The minimum absolute atomic E-state index is 0. The first-order valence-corrected chi connectivity index (χ1v) is 9.76. The average molecular weight is 564 g/mol. The number of alkyl halides is 3. The number of aromatic amines is 1. The van der Waals surface area contributed by atoms with Crippen molar-refractivity contribution in [2.75, 3.05) is 20.2 Å². The quantitative estimate of drug-likeness (QED) is 0.158. The van der Waals surface area contributed by atoms with Crippen molar-refractivity contribution < 1.29 is 22.3 Å². The highest BCUT2D eigenvalue weighted by Gasteiger charge is 2.27. The van der Waals surface area contributed by atoms with E-state index in [1.807, 2.05) is 18.3 Å². The largest absolute Gasteiger partial charge is 0.411 e. The zero-order valence-electron chi connectivity index (χ0n) is 17.4. The first-order chi connectivity index (χ1) is 14.8. The zero-order chi connectivity index (χ0) is 22.3. The minimum atomic E-state index is -4.32. The molecule has 0 saturated carbocycles. The van der Waals surface area contributed by atoms with Crippen LogP contribution < -0.4 is 10.6 Å². The number of rotatable bonds is 8. The number of aromatic nitrogens is 1. The van der Waals surface area contributed by atoms with Crippen LogP contribution in [-0.4, -0.2) is 37.3 Å². The molecule has 0 bridgehead atoms. The molecule has 10 heteroatoms. The predicted molar refractivity (Wildman–Crippen MR) is 128 cm³/mol. The summed E-state index contributed by atoms with van der Waals surface area (Å²) in [5, 5.41) is 7.42. The number of ether oxygens (including phenoxy) is 1. The Hall–Kier alpha value is -2.34. The maximum absolute atomic E-state index is 13.3. The molecule has 0 unspecified atom stereocenters. The average Bonchev–Trinajstić information content (AvgIpc) is 3.12. The molecular formula is C22H25F4IN4O. The third kappa shape index (κ3) is 7.97. The monoisotopic (exact) mass is 564 g/mol. The van der Waals surface area contributed by atoms with Gasteiger partial charge in [-0.25, -0.2) is 4.39 Å². The predicted octanol–water partition coefficient (Wildman–Crippen LogP) is 4.91. The molecule has 0 fully saturated rings. The molecule has 3 N–H and O–H groups in total. The van der Waals surface area contributed by atoms with Gasteiger partial charge in [-0.3, -0.25) is 4.99 Å². The van der Waals surface area contributed by atoms with Gasteiger partial charge in [0.25, 0.3) is 0 Å². The van der Waals surface area contributed by atoms with Gasteiger partial charge in [0.05, 0.1) is 6.61 Å². The summed E-state index contributed by atoms with van der Waals surface area (Å²) in [7, 11) is 1.67. The summed E-state index contributed by atoms with van der Waals surface area (Å²) in [5.41, 5.74) is 3.49. The van der Waals surface area contributed by atoms with Gasteiger partial charge in [-0.05, 0) is 41.3 Å². The highest BCUT2D eigenvalue weighted by atomic mass is 127. The van der Waals surface area contributed by atoms with Crippen molar-refractivity contribution in [3.8, 4) is 0 Å². The van der Waals surface area contributed by atoms with Crippen LogP contribution in [0, 0.1) is 5.82 Å². The Labute approximate surface area is 200 Å². The molecule has 0 aliphatic rings. The number of H-pyrrole nitrogens is 1. The maximum Gasteiger partial charge on any atom is 0.411 e. The van der Waals surface area contributed by atoms with Gasteiger partial charge < -0.3 is 20.4 Å². The van der Waals surface area contributed by atoms with E-state index in [0.717, 1.165) is 28.5 Å². The van der Waals surface area contributed by atoms with Gasteiger partial charge in [0.15, 0.2) is 5.96 Å². The SMILES string of the molecule is CN=C(NCCc1c[nH]c2cc(F)ccc12)NCc1ccc(COCC(F)(F)F)cc1.I. The Kier molecular flexibility index (Phi) is 9.76. The molecule has 0 amide bonds. The van der Waals surface area contributed by atoms with Crippen LogP contribution >= 0.6 is 24.0 Å². The number of halogens is 5. The first kappa shape index (κ1) is 25.9. The molecule has 0 radical (unpaired) electrons. The van der Waals surface area contributed by atoms with E-state index in [2.05, 4.69) is 25.3 Å². The standard InChI is InChI=1S/C22H24F4N4O.HI/c1-27-21(28-9-8-17-12-29-20-10-18(23)6-7-19(17)20)30-11-15-2-4-16(5-3-15)13-31-14-22(24,25)26;/h2-7,10,12,29H,8-9,11,13-14H2,1H3,(H2,27,28,30);1H. The molecule has 0 atom stereocenters. The van der Waals surface area contributed by atoms with E-state index in [1.165, 1.54) is 12.1 Å². The Balaban J connectivity index is 0.00000363. The van der Waals surface area contributed by atoms with Crippen molar-refractivity contribution in [1.29, 1.82) is 0 Å². The van der Waals surface area contributed by atoms with E-state index in [-0.39, 0.29) is 36.4 Å². The number of hydrogen-bond acceptors (Lipinski definition) is 2. The van der Waals surface area contributed by atoms with Crippen LogP contribution in [0.15, 0.2) is 53.7 Å². The second-order valence-corrected chi connectivity index (χ2v) is 7.03. The van der Waals surface area contributed by atoms with Crippen LogP contribution in [-0.2, 0) is 24.3 Å². The molecule has 2 aromatic carbocycles. The lowest BCUT2D eigenvalue weighted by Crippen LogP contribution is -2.37. The lowest BCUT2D eigenvalue weighted by atomic mass is 10.1. The van der Waals surface area contributed by atoms with Crippen LogP contribution in [0.4, 0.5) is 17.6 Å². The van der Waals surface area contributed by atoms with Crippen LogP contribution in [0.5, 0.6) is 0 Å². The molecule has 1 heterocycles. The van der Waals surface area contributed by atoms with E-state index in [1.54, 1.807) is 25.2 Å². The lowest BCUT2D eigenvalue weighted by molar-refractivity contribution is -0.176. The summed E-state index contributed by atoms with van der Waals surface area (Å²) >= 11 is 0. The third-order valence-electron chi connectivity index (χ3n) is 4.66. The van der Waals surface area contributed by atoms with Crippen LogP contribution in [0.1, 0.15) is 16.7 Å². The molecule has 0 aliphatic heterocycles. The molecule has 3 aromatic rings. The Morgan fingerprint density at radius 2 is 1.78 bits per heavy atom. The van der Waals surface area contributed by atoms with E-state index in [0.29, 0.717) is 24.6 Å². The first-order valence-electron chi connectivity index (χ1n) is 9.76. The number of hydrogen-bond donors (Lipinski definition) is 3. The van der Waals surface area contributed by atoms with Crippen molar-refractivity contribution in [3.05, 3.63) is 71.2 Å². The highest BCUT2D eigenvalue weighted by Crippen LogP contribution is 2.19. The van der Waals surface area contributed by atoms with E-state index in [4.69, 9.17) is 0 Å². The van der Waals surface area contributed by atoms with Crippen molar-refractivity contribution in [2.45, 2.75) is 25.7 Å². The van der Waals surface area contributed by atoms with Crippen LogP contribution in [0.25, 0.3) is 10.9 Å². The Bertz CT molecular complexity index is 1020. The Morgan fingerprint density at radius 3 is 2.47 bits per heavy atom. The molecule has 0 spiro atoms. The maximum atomic E-state index is 13.3. The summed E-state index contributed by atoms with van der Waals surface area (Å²) in [6.45, 7) is -0.195. The number of nitrogens with zero attached hydrogens (tertiary/aromatic N) is 1. The number of benzene rings is 2. The molecule has 0 saturated heterocycles. The third-order valence-corrected chi connectivity index (χ3v) is 4.66. The fraction of sp³-hybridized carbons (Fsp3) is 0.318. The van der Waals surface area contributed by atoms with Crippen LogP contribution in [0.2, 0.25) is 0 Å². The topological polar surface area (TPSA) is 61.4 Å². The van der Waals surface area contributed by atoms with Gasteiger partial charge in [0.1, 0.15) is 12.4 Å². The van der Waals surface area contributed by atoms with Gasteiger partial charge in [0.2, 0.25) is 0 Å². The second-order valence-electron chi connectivity index (χ2n) is 7.03. The smallest absolute Gasteiger partial charge is 0.367 e. The fourth-order valence-electron chi connectivity index (χ4n) is 3.13. The van der Waals surface area contributed by atoms with E-state index < -0.39 is 12.8 Å². The summed E-state index contributed by atoms with van der Waals surface area (Å²) in [6.07, 6.45) is -1.71. The second kappa shape index (κ2) is 12.0. The number of aliphatic imine (C=N–C) groups is 1. The van der Waals surface area contributed by atoms with Gasteiger partial charge in [-0.2, -0.15) is 13.2 Å². The molecule has 5 nitrogen and oxygen atoms in total. The van der Waals surface area contributed by atoms with Crippen molar-refractivity contribution in [1.82, 2.24) is 15.6 Å². The number of guanidine groups is 1. The highest BCUT2D eigenvalue weighted by molar-refractivity contribution is 14.0. The summed E-state index contributed by atoms with van der Waals surface area (Å²) in [6, 6.07) is 11.8. The van der Waals surface area contributed by atoms with Crippen molar-refractivity contribution in [3.63, 3.8) is 0 Å². The zero-order valence-corrected chi connectivity index (χ0v) is 19.8. The van der Waals surface area contributed by atoms with Gasteiger partial charge >= 0.3 is 6.18 Å². The summed E-state index contributed by atoms with van der Waals surface area (Å²) in [4.78, 5) is 7.26. The number of nitrogens with one attached hydrogen (secondary N) is 3. The summed E-state index contributed by atoms with van der Waals surface area (Å²) < 4.78 is 54.3. The van der Waals surface area contributed by atoms with Crippen molar-refractivity contribution >= 4 is 40.8 Å². The van der Waals surface area contributed by atoms with Gasteiger partial charge in [-0.15, -0.1) is 24.0 Å². The molecule has 3 rings (SSSR count).